The van der Waals surface area contributed by atoms with Crippen molar-refractivity contribution in [2.75, 3.05) is 37.9 Å². The van der Waals surface area contributed by atoms with Gasteiger partial charge in [0.1, 0.15) is 5.82 Å². The normalized spacial score (nSPS) is 17.4. The van der Waals surface area contributed by atoms with Crippen LogP contribution in [0.5, 0.6) is 0 Å². The van der Waals surface area contributed by atoms with E-state index >= 15 is 0 Å². The molecule has 2 atom stereocenters. The van der Waals surface area contributed by atoms with Gasteiger partial charge in [-0.2, -0.15) is 0 Å². The number of carbonyl (C=O) groups is 2. The highest BCUT2D eigenvalue weighted by Gasteiger charge is 2.29. The molecule has 0 unspecified atom stereocenters. The Morgan fingerprint density at radius 3 is 2.80 bits per heavy atom. The molecule has 1 fully saturated rings. The number of methoxy groups -OCH3 is 1. The Morgan fingerprint density at radius 1 is 1.16 bits per heavy atom. The molecule has 8 nitrogen and oxygen atoms in total. The van der Waals surface area contributed by atoms with Gasteiger partial charge in [-0.1, -0.05) is 42.5 Å². The van der Waals surface area contributed by atoms with Crippen LogP contribution in [0, 0.1) is 6.92 Å². The summed E-state index contributed by atoms with van der Waals surface area (Å²) in [7, 11) is 1.74. The molecule has 2 amide bonds. The summed E-state index contributed by atoms with van der Waals surface area (Å²) in [5, 5.41) is 2.93. The average molecular weight is 612 g/mol. The number of anilines is 1. The Labute approximate surface area is 263 Å². The number of hydrogen-bond donors (Lipinski definition) is 2. The number of imidazole rings is 1. The number of aryl methyl sites for hydroxylation is 2. The van der Waals surface area contributed by atoms with E-state index in [-0.39, 0.29) is 23.8 Å². The Kier molecular flexibility index (Phi) is 9.35. The molecule has 1 saturated heterocycles. The Hall–Kier alpha value is -3.66. The van der Waals surface area contributed by atoms with Crippen molar-refractivity contribution in [3.05, 3.63) is 77.6 Å². The predicted octanol–water partition coefficient (Wildman–Crippen LogP) is 5.76. The van der Waals surface area contributed by atoms with Gasteiger partial charge in [0, 0.05) is 56.6 Å². The van der Waals surface area contributed by atoms with Crippen molar-refractivity contribution in [2.45, 2.75) is 62.4 Å². The van der Waals surface area contributed by atoms with Crippen molar-refractivity contribution in [1.82, 2.24) is 14.5 Å². The Balaban J connectivity index is 1.08. The SMILES string of the molecule is COCCCn1c([C@@H]2CCCN(C(=O)C[C@H](N)Cc3ccc(-c4ccc5c(c4)SCC(=O)N5)cc3)C2)nc2c(C)cccc21. The summed E-state index contributed by atoms with van der Waals surface area (Å²) < 4.78 is 7.67. The molecule has 0 spiro atoms. The minimum Gasteiger partial charge on any atom is -0.385 e. The van der Waals surface area contributed by atoms with Crippen LogP contribution in [0.1, 0.15) is 48.6 Å². The quantitative estimate of drug-likeness (QED) is 0.221. The number of nitrogens with two attached hydrogens (primary N) is 1. The maximum absolute atomic E-state index is 13.4. The molecule has 2 aliphatic heterocycles. The van der Waals surface area contributed by atoms with Crippen LogP contribution < -0.4 is 11.1 Å². The van der Waals surface area contributed by atoms with E-state index < -0.39 is 0 Å². The lowest BCUT2D eigenvalue weighted by molar-refractivity contribution is -0.132. The zero-order valence-corrected chi connectivity index (χ0v) is 26.4. The van der Waals surface area contributed by atoms with Crippen LogP contribution in [0.15, 0.2) is 65.6 Å². The molecular formula is C35H41N5O3S. The smallest absolute Gasteiger partial charge is 0.234 e. The standard InChI is InChI=1S/C35H41N5O3S/c1-23-6-3-8-30-34(23)38-35(40(30)16-5-17-43-2)27-7-4-15-39(21-27)33(42)20-28(36)18-24-9-11-25(12-10-24)26-13-14-29-31(19-26)44-22-32(41)37-29/h3,6,8-14,19,27-28H,4-5,7,15-18,20-22,36H2,1-2H3,(H,37,41)/t27-,28-/m1/s1. The van der Waals surface area contributed by atoms with Gasteiger partial charge in [0.25, 0.3) is 0 Å². The van der Waals surface area contributed by atoms with Gasteiger partial charge in [0.2, 0.25) is 11.8 Å². The number of benzene rings is 3. The third-order valence-corrected chi connectivity index (χ3v) is 9.77. The van der Waals surface area contributed by atoms with Crippen LogP contribution in [-0.4, -0.2) is 64.9 Å². The molecular weight excluding hydrogens is 570 g/mol. The van der Waals surface area contributed by atoms with Crippen LogP contribution in [0.4, 0.5) is 5.69 Å². The molecule has 2 aliphatic rings. The fourth-order valence-electron chi connectivity index (χ4n) is 6.45. The van der Waals surface area contributed by atoms with Gasteiger partial charge in [0.15, 0.2) is 0 Å². The number of ether oxygens (including phenoxy) is 1. The number of amides is 2. The number of nitrogens with zero attached hydrogens (tertiary/aromatic N) is 3. The van der Waals surface area contributed by atoms with Gasteiger partial charge in [-0.25, -0.2) is 4.98 Å². The van der Waals surface area contributed by atoms with Crippen molar-refractivity contribution in [1.29, 1.82) is 0 Å². The first-order valence-electron chi connectivity index (χ1n) is 15.5. The van der Waals surface area contributed by atoms with Gasteiger partial charge in [-0.15, -0.1) is 11.8 Å². The average Bonchev–Trinajstić information content (AvgIpc) is 3.41. The summed E-state index contributed by atoms with van der Waals surface area (Å²) in [6, 6.07) is 20.6. The number of thioether (sulfide) groups is 1. The summed E-state index contributed by atoms with van der Waals surface area (Å²) in [5.74, 6) is 1.88. The molecule has 3 aromatic carbocycles. The van der Waals surface area contributed by atoms with Crippen molar-refractivity contribution in [2.24, 2.45) is 5.73 Å². The number of nitrogens with one attached hydrogen (secondary N) is 1. The molecule has 44 heavy (non-hydrogen) atoms. The van der Waals surface area contributed by atoms with E-state index in [1.165, 1.54) is 5.56 Å². The monoisotopic (exact) mass is 611 g/mol. The molecule has 3 heterocycles. The van der Waals surface area contributed by atoms with Crippen LogP contribution in [0.25, 0.3) is 22.2 Å². The number of para-hydroxylation sites is 1. The summed E-state index contributed by atoms with van der Waals surface area (Å²) >= 11 is 1.57. The number of aromatic nitrogens is 2. The lowest BCUT2D eigenvalue weighted by Crippen LogP contribution is -2.42. The van der Waals surface area contributed by atoms with Gasteiger partial charge in [-0.3, -0.25) is 9.59 Å². The minimum absolute atomic E-state index is 0.0409. The lowest BCUT2D eigenvalue weighted by atomic mass is 9.95. The topological polar surface area (TPSA) is 102 Å². The Morgan fingerprint density at radius 2 is 1.98 bits per heavy atom. The highest BCUT2D eigenvalue weighted by Crippen LogP contribution is 2.35. The molecule has 0 bridgehead atoms. The van der Waals surface area contributed by atoms with Crippen LogP contribution in [0.2, 0.25) is 0 Å². The van der Waals surface area contributed by atoms with Crippen molar-refractivity contribution in [3.8, 4) is 11.1 Å². The molecule has 6 rings (SSSR count). The van der Waals surface area contributed by atoms with Gasteiger partial charge >= 0.3 is 0 Å². The lowest BCUT2D eigenvalue weighted by Gasteiger charge is -2.33. The maximum Gasteiger partial charge on any atom is 0.234 e. The predicted molar refractivity (Wildman–Crippen MR) is 177 cm³/mol. The first-order valence-corrected chi connectivity index (χ1v) is 16.5. The third kappa shape index (κ3) is 6.70. The molecule has 0 saturated carbocycles. The second-order valence-corrected chi connectivity index (χ2v) is 13.0. The zero-order valence-electron chi connectivity index (χ0n) is 25.6. The van der Waals surface area contributed by atoms with Gasteiger partial charge in [0.05, 0.1) is 22.5 Å². The second kappa shape index (κ2) is 13.5. The summed E-state index contributed by atoms with van der Waals surface area (Å²) in [6.07, 6.45) is 3.86. The number of rotatable bonds is 10. The number of hydrogen-bond acceptors (Lipinski definition) is 6. The van der Waals surface area contributed by atoms with Crippen LogP contribution in [-0.2, 0) is 27.3 Å². The fraction of sp³-hybridized carbons (Fsp3) is 0.400. The van der Waals surface area contributed by atoms with Crippen molar-refractivity contribution < 1.29 is 14.3 Å². The van der Waals surface area contributed by atoms with Crippen molar-refractivity contribution >= 4 is 40.3 Å². The van der Waals surface area contributed by atoms with E-state index in [4.69, 9.17) is 15.5 Å². The largest absolute Gasteiger partial charge is 0.385 e. The minimum atomic E-state index is -0.251. The van der Waals surface area contributed by atoms with E-state index in [2.05, 4.69) is 65.3 Å². The summed E-state index contributed by atoms with van der Waals surface area (Å²) in [5.41, 5.74) is 14.1. The first-order chi connectivity index (χ1) is 21.4. The third-order valence-electron chi connectivity index (χ3n) is 8.72. The fourth-order valence-corrected chi connectivity index (χ4v) is 7.29. The summed E-state index contributed by atoms with van der Waals surface area (Å²) in [6.45, 7) is 5.10. The van der Waals surface area contributed by atoms with E-state index in [1.54, 1.807) is 18.9 Å². The molecule has 1 aromatic heterocycles. The highest BCUT2D eigenvalue weighted by atomic mass is 32.2. The zero-order chi connectivity index (χ0) is 30.6. The maximum atomic E-state index is 13.4. The number of piperidine rings is 1. The molecule has 9 heteroatoms. The molecule has 230 valence electrons. The molecule has 0 aliphatic carbocycles. The van der Waals surface area contributed by atoms with E-state index in [9.17, 15) is 9.59 Å². The van der Waals surface area contributed by atoms with Crippen LogP contribution >= 0.6 is 11.8 Å². The van der Waals surface area contributed by atoms with E-state index in [1.807, 2.05) is 17.0 Å². The van der Waals surface area contributed by atoms with E-state index in [0.717, 1.165) is 76.5 Å². The molecule has 0 radical (unpaired) electrons. The summed E-state index contributed by atoms with van der Waals surface area (Å²) in [4.78, 5) is 33.3. The number of carbonyl (C=O) groups excluding carboxylic acids is 2. The van der Waals surface area contributed by atoms with Gasteiger partial charge < -0.3 is 25.3 Å². The van der Waals surface area contributed by atoms with Gasteiger partial charge in [-0.05, 0) is 73.1 Å². The molecule has 4 aromatic rings. The first kappa shape index (κ1) is 30.4. The van der Waals surface area contributed by atoms with Crippen molar-refractivity contribution in [3.63, 3.8) is 0 Å². The Bertz CT molecular complexity index is 1650. The second-order valence-electron chi connectivity index (χ2n) is 12.0. The number of likely N-dealkylation sites (tertiary alicyclic amines) is 1. The molecule has 3 N–H and O–H groups in total. The van der Waals surface area contributed by atoms with Crippen LogP contribution in [0.3, 0.4) is 0 Å². The number of fused-ring (bicyclic) bond motifs is 2. The van der Waals surface area contributed by atoms with E-state index in [0.29, 0.717) is 31.7 Å². The highest BCUT2D eigenvalue weighted by molar-refractivity contribution is 8.00.